The first-order valence-corrected chi connectivity index (χ1v) is 12.3. The second-order valence-electron chi connectivity index (χ2n) is 9.41. The van der Waals surface area contributed by atoms with E-state index < -0.39 is 0 Å². The summed E-state index contributed by atoms with van der Waals surface area (Å²) in [5.74, 6) is 0.0616. The van der Waals surface area contributed by atoms with Crippen LogP contribution in [0.15, 0.2) is 36.5 Å². The van der Waals surface area contributed by atoms with Crippen LogP contribution in [0.25, 0.3) is 11.0 Å². The highest BCUT2D eigenvalue weighted by Crippen LogP contribution is 2.31. The van der Waals surface area contributed by atoms with Crippen molar-refractivity contribution < 1.29 is 4.79 Å². The minimum Gasteiger partial charge on any atom is -0.380 e. The number of pyridine rings is 1. The fraction of sp³-hybridized carbons (Fsp3) is 0.500. The van der Waals surface area contributed by atoms with Gasteiger partial charge in [-0.1, -0.05) is 49.6 Å². The number of benzene rings is 1. The molecule has 1 aromatic carbocycles. The van der Waals surface area contributed by atoms with Gasteiger partial charge in [-0.05, 0) is 25.3 Å². The number of piperazine rings is 1. The van der Waals surface area contributed by atoms with Gasteiger partial charge in [-0.25, -0.2) is 4.98 Å². The number of amides is 1. The summed E-state index contributed by atoms with van der Waals surface area (Å²) in [6.07, 6.45) is 8.40. The number of aromatic nitrogens is 3. The predicted octanol–water partition coefficient (Wildman–Crippen LogP) is 3.98. The second-order valence-corrected chi connectivity index (χ2v) is 9.41. The second kappa shape index (κ2) is 9.51. The molecule has 5 rings (SSSR count). The van der Waals surface area contributed by atoms with E-state index in [4.69, 9.17) is 0 Å². The standard InChI is InChI=1S/C26H34N6O/c1-19-23-24(27-17-20-9-5-3-6-10-20)22(18-28-25(23)30(2)29-19)26(33)32-15-13-31(14-16-32)21-11-7-4-8-12-21/h3,5-6,9-10,18,21H,4,7-8,11-17H2,1-2H3,(H,27,28). The number of carbonyl (C=O) groups excluding carboxylic acids is 1. The zero-order chi connectivity index (χ0) is 22.8. The Labute approximate surface area is 195 Å². The molecule has 0 bridgehead atoms. The SMILES string of the molecule is Cc1nn(C)c2ncc(C(=O)N3CCN(C4CCCCC4)CC3)c(NCc3ccccc3)c12. The van der Waals surface area contributed by atoms with Crippen molar-refractivity contribution in [2.45, 2.75) is 51.6 Å². The molecule has 2 aliphatic rings. The van der Waals surface area contributed by atoms with Gasteiger partial charge in [0.15, 0.2) is 5.65 Å². The Hall–Kier alpha value is -2.93. The number of nitrogens with zero attached hydrogens (tertiary/aromatic N) is 5. The summed E-state index contributed by atoms with van der Waals surface area (Å²) in [7, 11) is 1.90. The number of hydrogen-bond acceptors (Lipinski definition) is 5. The predicted molar refractivity (Wildman–Crippen MR) is 131 cm³/mol. The van der Waals surface area contributed by atoms with Crippen LogP contribution >= 0.6 is 0 Å². The third kappa shape index (κ3) is 4.47. The molecule has 3 heterocycles. The lowest BCUT2D eigenvalue weighted by atomic mass is 9.94. The molecule has 2 fully saturated rings. The summed E-state index contributed by atoms with van der Waals surface area (Å²) in [6.45, 7) is 6.10. The maximum absolute atomic E-state index is 13.7. The third-order valence-corrected chi connectivity index (χ3v) is 7.26. The van der Waals surface area contributed by atoms with Gasteiger partial charge in [0.1, 0.15) is 0 Å². The fourth-order valence-electron chi connectivity index (χ4n) is 5.45. The Morgan fingerprint density at radius 3 is 2.52 bits per heavy atom. The van der Waals surface area contributed by atoms with Crippen molar-refractivity contribution in [3.05, 3.63) is 53.3 Å². The van der Waals surface area contributed by atoms with Crippen LogP contribution in [0, 0.1) is 6.92 Å². The zero-order valence-electron chi connectivity index (χ0n) is 19.8. The molecule has 33 heavy (non-hydrogen) atoms. The van der Waals surface area contributed by atoms with E-state index >= 15 is 0 Å². The van der Waals surface area contributed by atoms with E-state index in [1.54, 1.807) is 10.9 Å². The van der Waals surface area contributed by atoms with Crippen LogP contribution in [-0.2, 0) is 13.6 Å². The number of hydrogen-bond donors (Lipinski definition) is 1. The van der Waals surface area contributed by atoms with Crippen molar-refractivity contribution in [1.29, 1.82) is 0 Å². The molecule has 2 aromatic heterocycles. The Kier molecular flexibility index (Phi) is 6.31. The zero-order valence-corrected chi connectivity index (χ0v) is 19.8. The molecule has 0 spiro atoms. The molecule has 3 aromatic rings. The van der Waals surface area contributed by atoms with Crippen molar-refractivity contribution in [3.8, 4) is 0 Å². The monoisotopic (exact) mass is 446 g/mol. The van der Waals surface area contributed by atoms with Gasteiger partial charge in [0.05, 0.1) is 22.3 Å². The van der Waals surface area contributed by atoms with Gasteiger partial charge in [0.2, 0.25) is 0 Å². The lowest BCUT2D eigenvalue weighted by molar-refractivity contribution is 0.0524. The molecular weight excluding hydrogens is 412 g/mol. The molecule has 0 radical (unpaired) electrons. The third-order valence-electron chi connectivity index (χ3n) is 7.26. The summed E-state index contributed by atoms with van der Waals surface area (Å²) < 4.78 is 1.79. The van der Waals surface area contributed by atoms with E-state index in [2.05, 4.69) is 32.4 Å². The van der Waals surface area contributed by atoms with Crippen molar-refractivity contribution in [3.63, 3.8) is 0 Å². The molecule has 1 aliphatic heterocycles. The first kappa shape index (κ1) is 21.9. The molecule has 1 N–H and O–H groups in total. The molecule has 0 unspecified atom stereocenters. The number of anilines is 1. The van der Waals surface area contributed by atoms with Crippen LogP contribution in [-0.4, -0.2) is 62.7 Å². The average Bonchev–Trinajstić information content (AvgIpc) is 3.16. The number of fused-ring (bicyclic) bond motifs is 1. The van der Waals surface area contributed by atoms with Crippen molar-refractivity contribution >= 4 is 22.6 Å². The Bertz CT molecular complexity index is 1110. The van der Waals surface area contributed by atoms with Crippen LogP contribution in [0.1, 0.15) is 53.7 Å². The van der Waals surface area contributed by atoms with E-state index in [-0.39, 0.29) is 5.91 Å². The van der Waals surface area contributed by atoms with Gasteiger partial charge in [-0.3, -0.25) is 14.4 Å². The van der Waals surface area contributed by atoms with Gasteiger partial charge >= 0.3 is 0 Å². The molecule has 1 aliphatic carbocycles. The van der Waals surface area contributed by atoms with Gasteiger partial charge in [-0.15, -0.1) is 0 Å². The first-order valence-electron chi connectivity index (χ1n) is 12.3. The topological polar surface area (TPSA) is 66.3 Å². The van der Waals surface area contributed by atoms with E-state index in [9.17, 15) is 4.79 Å². The van der Waals surface area contributed by atoms with Crippen LogP contribution in [0.2, 0.25) is 0 Å². The fourth-order valence-corrected chi connectivity index (χ4v) is 5.45. The highest BCUT2D eigenvalue weighted by atomic mass is 16.2. The van der Waals surface area contributed by atoms with Crippen molar-refractivity contribution in [2.24, 2.45) is 7.05 Å². The lowest BCUT2D eigenvalue weighted by Crippen LogP contribution is -2.52. The van der Waals surface area contributed by atoms with E-state index in [0.717, 1.165) is 48.6 Å². The van der Waals surface area contributed by atoms with Gasteiger partial charge in [-0.2, -0.15) is 5.10 Å². The van der Waals surface area contributed by atoms with Crippen LogP contribution < -0.4 is 5.32 Å². The summed E-state index contributed by atoms with van der Waals surface area (Å²) in [6, 6.07) is 11.0. The quantitative estimate of drug-likeness (QED) is 0.642. The molecule has 1 amide bonds. The van der Waals surface area contributed by atoms with E-state index in [1.165, 1.54) is 37.7 Å². The Morgan fingerprint density at radius 1 is 1.06 bits per heavy atom. The molecular formula is C26H34N6O. The molecule has 174 valence electrons. The van der Waals surface area contributed by atoms with Crippen LogP contribution in [0.4, 0.5) is 5.69 Å². The highest BCUT2D eigenvalue weighted by molar-refractivity contribution is 6.07. The van der Waals surface area contributed by atoms with Crippen LogP contribution in [0.3, 0.4) is 0 Å². The van der Waals surface area contributed by atoms with Crippen molar-refractivity contribution in [2.75, 3.05) is 31.5 Å². The summed E-state index contributed by atoms with van der Waals surface area (Å²) in [4.78, 5) is 22.9. The highest BCUT2D eigenvalue weighted by Gasteiger charge is 2.29. The number of aryl methyl sites for hydroxylation is 2. The maximum atomic E-state index is 13.7. The first-order chi connectivity index (χ1) is 16.1. The average molecular weight is 447 g/mol. The molecule has 0 atom stereocenters. The Balaban J connectivity index is 1.38. The number of nitrogens with one attached hydrogen (secondary N) is 1. The Morgan fingerprint density at radius 2 is 1.79 bits per heavy atom. The van der Waals surface area contributed by atoms with Gasteiger partial charge < -0.3 is 10.2 Å². The van der Waals surface area contributed by atoms with E-state index in [1.807, 2.05) is 37.1 Å². The number of carbonyl (C=O) groups is 1. The minimum absolute atomic E-state index is 0.0616. The normalized spacial score (nSPS) is 18.1. The van der Waals surface area contributed by atoms with Gasteiger partial charge in [0, 0.05) is 52.0 Å². The summed E-state index contributed by atoms with van der Waals surface area (Å²) >= 11 is 0. The maximum Gasteiger partial charge on any atom is 0.257 e. The lowest BCUT2D eigenvalue weighted by Gasteiger charge is -2.40. The largest absolute Gasteiger partial charge is 0.380 e. The molecule has 7 heteroatoms. The number of rotatable bonds is 5. The molecule has 7 nitrogen and oxygen atoms in total. The molecule has 1 saturated carbocycles. The van der Waals surface area contributed by atoms with Crippen molar-refractivity contribution in [1.82, 2.24) is 24.6 Å². The van der Waals surface area contributed by atoms with Crippen LogP contribution in [0.5, 0.6) is 0 Å². The smallest absolute Gasteiger partial charge is 0.257 e. The summed E-state index contributed by atoms with van der Waals surface area (Å²) in [5.41, 5.74) is 4.33. The minimum atomic E-state index is 0.0616. The van der Waals surface area contributed by atoms with E-state index in [0.29, 0.717) is 18.2 Å². The molecule has 1 saturated heterocycles. The van der Waals surface area contributed by atoms with Gasteiger partial charge in [0.25, 0.3) is 5.91 Å². The summed E-state index contributed by atoms with van der Waals surface area (Å²) in [5, 5.41) is 9.05.